The number of carbonyl (C=O) groups excluding carboxylic acids is 1. The third-order valence-electron chi connectivity index (χ3n) is 7.51. The second kappa shape index (κ2) is 13.3. The number of rotatable bonds is 14. The van der Waals surface area contributed by atoms with Crippen LogP contribution in [0.3, 0.4) is 0 Å². The van der Waals surface area contributed by atoms with Crippen molar-refractivity contribution in [3.8, 4) is 0 Å². The second-order valence-corrected chi connectivity index (χ2v) is 10.1. The van der Waals surface area contributed by atoms with Crippen LogP contribution >= 0.6 is 0 Å². The fourth-order valence-electron chi connectivity index (χ4n) is 5.32. The van der Waals surface area contributed by atoms with Crippen molar-refractivity contribution in [1.82, 2.24) is 10.2 Å². The van der Waals surface area contributed by atoms with Gasteiger partial charge in [0.1, 0.15) is 5.82 Å². The van der Waals surface area contributed by atoms with Crippen LogP contribution in [0.5, 0.6) is 0 Å². The molecule has 1 aliphatic carbocycles. The first-order valence-corrected chi connectivity index (χ1v) is 13.1. The minimum absolute atomic E-state index is 0.250. The molecule has 1 saturated carbocycles. The Hall–Kier alpha value is -3.55. The number of halogens is 1. The Morgan fingerprint density at radius 2 is 1.87 bits per heavy atom. The Labute approximate surface area is 224 Å². The Balaban J connectivity index is 1.63. The summed E-state index contributed by atoms with van der Waals surface area (Å²) in [6.07, 6.45) is 4.41. The van der Waals surface area contributed by atoms with Gasteiger partial charge in [-0.1, -0.05) is 30.3 Å². The van der Waals surface area contributed by atoms with E-state index in [0.29, 0.717) is 12.5 Å². The largest absolute Gasteiger partial charge is 0.381 e. The smallest absolute Gasteiger partial charge is 0.207 e. The van der Waals surface area contributed by atoms with Crippen LogP contribution in [0.1, 0.15) is 41.0 Å². The zero-order valence-corrected chi connectivity index (χ0v) is 22.1. The summed E-state index contributed by atoms with van der Waals surface area (Å²) >= 11 is 0. The highest BCUT2D eigenvalue weighted by Gasteiger charge is 2.37. The molecule has 0 bridgehead atoms. The molecule has 3 aromatic carbocycles. The lowest BCUT2D eigenvalue weighted by Gasteiger charge is -2.42. The van der Waals surface area contributed by atoms with E-state index in [1.54, 1.807) is 19.2 Å². The standard InChI is InChI=1S/C31H37FN4O2/c1-22-14-31(35-27-10-8-26(32)9-11-27)25(18-33)17-29(22)30(24-15-28(16-24)38-2)20-36(13-12-34-21-37)19-23-6-4-3-5-7-23/h3-11,14,17-18,21,24,28,30,33,35H,12-13,15-16,19-20H2,1-2H3,(H,34,37). The Morgan fingerprint density at radius 3 is 2.53 bits per heavy atom. The van der Waals surface area contributed by atoms with E-state index in [0.717, 1.165) is 61.4 Å². The number of aryl methyl sites for hydroxylation is 1. The van der Waals surface area contributed by atoms with Crippen molar-refractivity contribution in [2.45, 2.75) is 38.3 Å². The molecule has 7 heteroatoms. The summed E-state index contributed by atoms with van der Waals surface area (Å²) in [4.78, 5) is 13.3. The van der Waals surface area contributed by atoms with Gasteiger partial charge in [0.25, 0.3) is 0 Å². The van der Waals surface area contributed by atoms with Crippen molar-refractivity contribution in [1.29, 1.82) is 5.41 Å². The number of nitrogens with one attached hydrogen (secondary N) is 3. The number of carbonyl (C=O) groups is 1. The summed E-state index contributed by atoms with van der Waals surface area (Å²) in [5.74, 6) is 0.431. The van der Waals surface area contributed by atoms with Gasteiger partial charge in [-0.05, 0) is 84.7 Å². The normalized spacial score (nSPS) is 17.5. The number of benzene rings is 3. The van der Waals surface area contributed by atoms with Gasteiger partial charge in [0, 0.05) is 56.4 Å². The van der Waals surface area contributed by atoms with E-state index in [1.807, 2.05) is 6.07 Å². The summed E-state index contributed by atoms with van der Waals surface area (Å²) in [5, 5.41) is 14.3. The van der Waals surface area contributed by atoms with E-state index >= 15 is 0 Å². The molecule has 1 unspecified atom stereocenters. The average Bonchev–Trinajstić information content (AvgIpc) is 2.89. The lowest BCUT2D eigenvalue weighted by atomic mass is 9.70. The highest BCUT2D eigenvalue weighted by molar-refractivity contribution is 5.88. The molecule has 0 saturated heterocycles. The van der Waals surface area contributed by atoms with Crippen molar-refractivity contribution < 1.29 is 13.9 Å². The Kier molecular flexibility index (Phi) is 9.62. The molecule has 0 spiro atoms. The predicted octanol–water partition coefficient (Wildman–Crippen LogP) is 5.63. The lowest BCUT2D eigenvalue weighted by molar-refractivity contribution is -0.109. The molecule has 1 amide bonds. The molecule has 3 aromatic rings. The fourth-order valence-corrected chi connectivity index (χ4v) is 5.32. The number of anilines is 2. The van der Waals surface area contributed by atoms with E-state index in [1.165, 1.54) is 29.5 Å². The van der Waals surface area contributed by atoms with Gasteiger partial charge in [0.05, 0.1) is 6.10 Å². The molecule has 0 aromatic heterocycles. The average molecular weight is 517 g/mol. The van der Waals surface area contributed by atoms with Gasteiger partial charge in [-0.25, -0.2) is 4.39 Å². The monoisotopic (exact) mass is 516 g/mol. The topological polar surface area (TPSA) is 77.5 Å². The second-order valence-electron chi connectivity index (χ2n) is 10.1. The van der Waals surface area contributed by atoms with Gasteiger partial charge in [-0.15, -0.1) is 0 Å². The van der Waals surface area contributed by atoms with Crippen LogP contribution in [0.2, 0.25) is 0 Å². The van der Waals surface area contributed by atoms with Gasteiger partial charge in [-0.2, -0.15) is 0 Å². The van der Waals surface area contributed by atoms with Gasteiger partial charge < -0.3 is 20.8 Å². The zero-order valence-electron chi connectivity index (χ0n) is 22.1. The maximum absolute atomic E-state index is 13.4. The van der Waals surface area contributed by atoms with Crippen molar-refractivity contribution in [2.24, 2.45) is 5.92 Å². The predicted molar refractivity (Wildman–Crippen MR) is 151 cm³/mol. The first-order valence-electron chi connectivity index (χ1n) is 13.1. The third kappa shape index (κ3) is 7.05. The molecule has 0 heterocycles. The van der Waals surface area contributed by atoms with Gasteiger partial charge in [0.15, 0.2) is 0 Å². The fraction of sp³-hybridized carbons (Fsp3) is 0.355. The summed E-state index contributed by atoms with van der Waals surface area (Å²) in [6.45, 7) is 5.07. The molecule has 1 atom stereocenters. The number of methoxy groups -OCH3 is 1. The quantitative estimate of drug-likeness (QED) is 0.147. The summed E-state index contributed by atoms with van der Waals surface area (Å²) in [6, 6.07) is 20.9. The summed E-state index contributed by atoms with van der Waals surface area (Å²) < 4.78 is 19.0. The minimum Gasteiger partial charge on any atom is -0.381 e. The number of hydrogen-bond donors (Lipinski definition) is 3. The highest BCUT2D eigenvalue weighted by Crippen LogP contribution is 2.43. The van der Waals surface area contributed by atoms with Crippen molar-refractivity contribution >= 4 is 24.0 Å². The van der Waals surface area contributed by atoms with Gasteiger partial charge in [-0.3, -0.25) is 9.69 Å². The van der Waals surface area contributed by atoms with E-state index in [4.69, 9.17) is 10.1 Å². The molecule has 38 heavy (non-hydrogen) atoms. The maximum atomic E-state index is 13.4. The van der Waals surface area contributed by atoms with Crippen LogP contribution in [-0.4, -0.2) is 50.4 Å². The molecule has 6 nitrogen and oxygen atoms in total. The SMILES string of the molecule is COC1CC(C(CN(CCNC=O)Cc2ccccc2)c2cc(C=N)c(Nc3ccc(F)cc3)cc2C)C1. The first kappa shape index (κ1) is 27.5. The molecule has 0 aliphatic heterocycles. The molecular weight excluding hydrogens is 479 g/mol. The van der Waals surface area contributed by atoms with E-state index < -0.39 is 0 Å². The van der Waals surface area contributed by atoms with Crippen LogP contribution in [0.25, 0.3) is 0 Å². The maximum Gasteiger partial charge on any atom is 0.207 e. The first-order chi connectivity index (χ1) is 18.5. The molecule has 3 N–H and O–H groups in total. The third-order valence-corrected chi connectivity index (χ3v) is 7.51. The Bertz CT molecular complexity index is 1200. The molecule has 200 valence electrons. The van der Waals surface area contributed by atoms with E-state index in [-0.39, 0.29) is 17.8 Å². The van der Waals surface area contributed by atoms with Crippen molar-refractivity contribution in [3.63, 3.8) is 0 Å². The number of ether oxygens (including phenoxy) is 1. The summed E-state index contributed by atoms with van der Waals surface area (Å²) in [7, 11) is 1.77. The molecular formula is C31H37FN4O2. The number of amides is 1. The van der Waals surface area contributed by atoms with E-state index in [9.17, 15) is 9.18 Å². The van der Waals surface area contributed by atoms with Crippen LogP contribution in [0.15, 0.2) is 66.7 Å². The van der Waals surface area contributed by atoms with Crippen molar-refractivity contribution in [2.75, 3.05) is 32.1 Å². The van der Waals surface area contributed by atoms with E-state index in [2.05, 4.69) is 58.9 Å². The molecule has 1 aliphatic rings. The minimum atomic E-state index is -0.282. The van der Waals surface area contributed by atoms with Crippen LogP contribution < -0.4 is 10.6 Å². The molecule has 0 radical (unpaired) electrons. The number of nitrogens with zero attached hydrogens (tertiary/aromatic N) is 1. The lowest BCUT2D eigenvalue weighted by Crippen LogP contribution is -2.41. The zero-order chi connectivity index (χ0) is 26.9. The molecule has 4 rings (SSSR count). The van der Waals surface area contributed by atoms with Crippen molar-refractivity contribution in [3.05, 3.63) is 94.8 Å². The van der Waals surface area contributed by atoms with Crippen LogP contribution in [0.4, 0.5) is 15.8 Å². The van der Waals surface area contributed by atoms with Gasteiger partial charge in [0.2, 0.25) is 6.41 Å². The van der Waals surface area contributed by atoms with Crippen LogP contribution in [0, 0.1) is 24.1 Å². The molecule has 1 fully saturated rings. The Morgan fingerprint density at radius 1 is 1.13 bits per heavy atom. The highest BCUT2D eigenvalue weighted by atomic mass is 19.1. The number of hydrogen-bond acceptors (Lipinski definition) is 5. The van der Waals surface area contributed by atoms with Crippen LogP contribution in [-0.2, 0) is 16.1 Å². The summed E-state index contributed by atoms with van der Waals surface area (Å²) in [5.41, 5.74) is 6.00. The van der Waals surface area contributed by atoms with Gasteiger partial charge >= 0.3 is 0 Å².